The van der Waals surface area contributed by atoms with Crippen LogP contribution in [0.4, 0.5) is 15.9 Å². The van der Waals surface area contributed by atoms with Gasteiger partial charge in [-0.25, -0.2) is 9.37 Å². The number of carbonyl (C=O) groups is 1. The van der Waals surface area contributed by atoms with Crippen LogP contribution in [0.5, 0.6) is 0 Å². The van der Waals surface area contributed by atoms with Gasteiger partial charge in [0, 0.05) is 25.2 Å². The van der Waals surface area contributed by atoms with Crippen molar-refractivity contribution in [3.05, 3.63) is 83.4 Å². The van der Waals surface area contributed by atoms with Gasteiger partial charge >= 0.3 is 0 Å². The summed E-state index contributed by atoms with van der Waals surface area (Å²) in [6, 6.07) is 19.0. The van der Waals surface area contributed by atoms with Gasteiger partial charge in [0.25, 0.3) is 5.91 Å². The number of nitrogens with one attached hydrogen (secondary N) is 1. The highest BCUT2D eigenvalue weighted by molar-refractivity contribution is 6.76. The highest BCUT2D eigenvalue weighted by Crippen LogP contribution is 2.25. The van der Waals surface area contributed by atoms with Crippen molar-refractivity contribution >= 4 is 42.3 Å². The Labute approximate surface area is 213 Å². The standard InChI is InChI=1S/C29H32FN4OSi/c1-4-36(5-2)28-24-16-20(3)10-12-25(24)34(19-21-8-6-9-22(30)17-21)27(28)29(35)32-23-11-13-26(31-18-23)33-14-7-15-33/h6,8-13,16-18H,4-5,7,14-15,19H2,1-3H3,(H,32,35). The fourth-order valence-electron chi connectivity index (χ4n) is 5.03. The molecule has 0 unspecified atom stereocenters. The molecule has 5 nitrogen and oxygen atoms in total. The minimum absolute atomic E-state index is 0.141. The second-order valence-corrected chi connectivity index (χ2v) is 12.6. The maximum Gasteiger partial charge on any atom is 0.272 e. The first kappa shape index (κ1) is 24.3. The molecule has 1 saturated heterocycles. The molecule has 1 fully saturated rings. The van der Waals surface area contributed by atoms with Crippen molar-refractivity contribution in [1.82, 2.24) is 9.55 Å². The minimum atomic E-state index is -0.978. The molecule has 0 atom stereocenters. The van der Waals surface area contributed by atoms with Crippen molar-refractivity contribution in [3.63, 3.8) is 0 Å². The molecule has 3 heterocycles. The third-order valence-corrected chi connectivity index (χ3v) is 9.98. The molecular formula is C29H32FN4OSi. The van der Waals surface area contributed by atoms with Crippen LogP contribution >= 0.6 is 0 Å². The number of halogens is 1. The van der Waals surface area contributed by atoms with Gasteiger partial charge in [-0.1, -0.05) is 49.7 Å². The first-order valence-corrected chi connectivity index (χ1v) is 14.6. The van der Waals surface area contributed by atoms with Gasteiger partial charge in [-0.05, 0) is 65.9 Å². The molecule has 5 rings (SSSR count). The summed E-state index contributed by atoms with van der Waals surface area (Å²) < 4.78 is 16.1. The number of benzene rings is 2. The van der Waals surface area contributed by atoms with Crippen LogP contribution in [-0.4, -0.2) is 37.3 Å². The summed E-state index contributed by atoms with van der Waals surface area (Å²) in [6.45, 7) is 8.99. The first-order chi connectivity index (χ1) is 17.5. The summed E-state index contributed by atoms with van der Waals surface area (Å²) in [7, 11) is -0.978. The lowest BCUT2D eigenvalue weighted by atomic mass is 10.2. The van der Waals surface area contributed by atoms with Gasteiger partial charge in [0.05, 0.1) is 20.7 Å². The number of amides is 1. The summed E-state index contributed by atoms with van der Waals surface area (Å²) in [5, 5.41) is 5.43. The lowest BCUT2D eigenvalue weighted by Gasteiger charge is -2.31. The van der Waals surface area contributed by atoms with Crippen molar-refractivity contribution < 1.29 is 9.18 Å². The van der Waals surface area contributed by atoms with Crippen molar-refractivity contribution in [2.24, 2.45) is 0 Å². The van der Waals surface area contributed by atoms with Gasteiger partial charge in [-0.2, -0.15) is 0 Å². The Morgan fingerprint density at radius 1 is 1.08 bits per heavy atom. The highest BCUT2D eigenvalue weighted by atomic mass is 28.3. The van der Waals surface area contributed by atoms with Crippen molar-refractivity contribution in [2.45, 2.75) is 45.8 Å². The lowest BCUT2D eigenvalue weighted by molar-refractivity contribution is 0.102. The summed E-state index contributed by atoms with van der Waals surface area (Å²) in [4.78, 5) is 20.7. The molecule has 36 heavy (non-hydrogen) atoms. The monoisotopic (exact) mass is 499 g/mol. The Hall–Kier alpha value is -3.45. The van der Waals surface area contributed by atoms with E-state index in [0.717, 1.165) is 53.0 Å². The predicted molar refractivity (Wildman–Crippen MR) is 148 cm³/mol. The molecule has 1 amide bonds. The summed E-state index contributed by atoms with van der Waals surface area (Å²) in [5.41, 5.74) is 4.37. The molecule has 2 aromatic carbocycles. The van der Waals surface area contributed by atoms with Crippen molar-refractivity contribution in [1.29, 1.82) is 0 Å². The zero-order valence-corrected chi connectivity index (χ0v) is 22.1. The van der Waals surface area contributed by atoms with Crippen LogP contribution in [0, 0.1) is 12.7 Å². The molecule has 7 heteroatoms. The molecule has 4 aromatic rings. The second-order valence-electron chi connectivity index (χ2n) is 9.47. The van der Waals surface area contributed by atoms with Gasteiger partial charge in [0.2, 0.25) is 0 Å². The number of aryl methyl sites for hydroxylation is 1. The number of fused-ring (bicyclic) bond motifs is 1. The maximum absolute atomic E-state index is 14.1. The van der Waals surface area contributed by atoms with Crippen LogP contribution < -0.4 is 15.4 Å². The smallest absolute Gasteiger partial charge is 0.272 e. The molecule has 1 radical (unpaired) electrons. The number of carbonyl (C=O) groups excluding carboxylic acids is 1. The van der Waals surface area contributed by atoms with E-state index in [-0.39, 0.29) is 11.7 Å². The third kappa shape index (κ3) is 4.67. The molecule has 185 valence electrons. The Bertz CT molecular complexity index is 1390. The van der Waals surface area contributed by atoms with Crippen LogP contribution in [-0.2, 0) is 6.54 Å². The fourth-order valence-corrected chi connectivity index (χ4v) is 7.40. The first-order valence-electron chi connectivity index (χ1n) is 12.7. The van der Waals surface area contributed by atoms with E-state index in [9.17, 15) is 9.18 Å². The maximum atomic E-state index is 14.1. The zero-order chi connectivity index (χ0) is 25.2. The van der Waals surface area contributed by atoms with Gasteiger partial charge in [0.1, 0.15) is 17.3 Å². The molecule has 1 aliphatic heterocycles. The molecular weight excluding hydrogens is 467 g/mol. The second kappa shape index (κ2) is 10.3. The summed E-state index contributed by atoms with van der Waals surface area (Å²) in [6.07, 6.45) is 2.93. The number of hydrogen-bond acceptors (Lipinski definition) is 3. The van der Waals surface area contributed by atoms with E-state index in [4.69, 9.17) is 0 Å². The van der Waals surface area contributed by atoms with Crippen LogP contribution in [0.3, 0.4) is 0 Å². The topological polar surface area (TPSA) is 50.2 Å². The lowest BCUT2D eigenvalue weighted by Crippen LogP contribution is -2.37. The quantitative estimate of drug-likeness (QED) is 0.315. The van der Waals surface area contributed by atoms with E-state index in [1.807, 2.05) is 18.2 Å². The van der Waals surface area contributed by atoms with E-state index in [1.54, 1.807) is 18.3 Å². The van der Waals surface area contributed by atoms with Gasteiger partial charge in [-0.3, -0.25) is 4.79 Å². The van der Waals surface area contributed by atoms with Crippen LogP contribution in [0.1, 0.15) is 41.9 Å². The third-order valence-electron chi connectivity index (χ3n) is 7.06. The number of hydrogen-bond donors (Lipinski definition) is 1. The normalized spacial score (nSPS) is 13.3. The molecule has 2 aromatic heterocycles. The van der Waals surface area contributed by atoms with Crippen LogP contribution in [0.2, 0.25) is 12.1 Å². The molecule has 1 aliphatic rings. The Morgan fingerprint density at radius 3 is 2.53 bits per heavy atom. The molecule has 0 spiro atoms. The van der Waals surface area contributed by atoms with E-state index < -0.39 is 8.80 Å². The summed E-state index contributed by atoms with van der Waals surface area (Å²) >= 11 is 0. The fraction of sp³-hybridized carbons (Fsp3) is 0.310. The Kier molecular flexibility index (Phi) is 6.92. The average molecular weight is 500 g/mol. The predicted octanol–water partition coefficient (Wildman–Crippen LogP) is 5.74. The minimum Gasteiger partial charge on any atom is -0.356 e. The van der Waals surface area contributed by atoms with E-state index >= 15 is 0 Å². The molecule has 1 N–H and O–H groups in total. The van der Waals surface area contributed by atoms with Crippen molar-refractivity contribution in [3.8, 4) is 0 Å². The van der Waals surface area contributed by atoms with Crippen molar-refractivity contribution in [2.75, 3.05) is 23.3 Å². The summed E-state index contributed by atoms with van der Waals surface area (Å²) in [5.74, 6) is 0.530. The Balaban J connectivity index is 1.61. The number of aromatic nitrogens is 2. The van der Waals surface area contributed by atoms with E-state index in [0.29, 0.717) is 17.9 Å². The number of rotatable bonds is 8. The average Bonchev–Trinajstić information content (AvgIpc) is 3.13. The van der Waals surface area contributed by atoms with E-state index in [1.165, 1.54) is 17.7 Å². The number of nitrogens with zero attached hydrogens (tertiary/aromatic N) is 3. The molecule has 0 saturated carbocycles. The zero-order valence-electron chi connectivity index (χ0n) is 21.1. The van der Waals surface area contributed by atoms with Crippen LogP contribution in [0.15, 0.2) is 60.8 Å². The SMILES string of the molecule is CC[Si](CC)c1c(C(=O)Nc2ccc(N3CCC3)nc2)n(Cc2cccc(F)c2)c2ccc(C)cc12. The highest BCUT2D eigenvalue weighted by Gasteiger charge is 2.28. The van der Waals surface area contributed by atoms with Gasteiger partial charge in [-0.15, -0.1) is 0 Å². The Morgan fingerprint density at radius 2 is 1.89 bits per heavy atom. The molecule has 0 aliphatic carbocycles. The number of pyridine rings is 1. The van der Waals surface area contributed by atoms with E-state index in [2.05, 4.69) is 58.7 Å². The molecule has 0 bridgehead atoms. The largest absolute Gasteiger partial charge is 0.356 e. The van der Waals surface area contributed by atoms with Crippen LogP contribution in [0.25, 0.3) is 10.9 Å². The number of anilines is 2. The van der Waals surface area contributed by atoms with Gasteiger partial charge in [0.15, 0.2) is 0 Å². The van der Waals surface area contributed by atoms with Gasteiger partial charge < -0.3 is 14.8 Å².